The van der Waals surface area contributed by atoms with Crippen LogP contribution in [-0.4, -0.2) is 36.6 Å². The molecule has 1 saturated heterocycles. The Morgan fingerprint density at radius 1 is 1.30 bits per heavy atom. The van der Waals surface area contributed by atoms with Crippen molar-refractivity contribution in [3.05, 3.63) is 42.2 Å². The molecule has 0 bridgehead atoms. The van der Waals surface area contributed by atoms with Gasteiger partial charge >= 0.3 is 0 Å². The van der Waals surface area contributed by atoms with E-state index in [4.69, 9.17) is 0 Å². The van der Waals surface area contributed by atoms with Crippen LogP contribution in [0.5, 0.6) is 0 Å². The molecule has 2 unspecified atom stereocenters. The quantitative estimate of drug-likeness (QED) is 0.925. The molecule has 2 aromatic rings. The van der Waals surface area contributed by atoms with Crippen LogP contribution in [0.3, 0.4) is 0 Å². The summed E-state index contributed by atoms with van der Waals surface area (Å²) in [7, 11) is 2.23. The van der Waals surface area contributed by atoms with Crippen molar-refractivity contribution in [2.75, 3.05) is 26.7 Å². The maximum absolute atomic E-state index is 4.46. The van der Waals surface area contributed by atoms with Gasteiger partial charge in [0.05, 0.1) is 0 Å². The number of hydrogen-bond acceptors (Lipinski definition) is 3. The lowest BCUT2D eigenvalue weighted by Crippen LogP contribution is -2.28. The summed E-state index contributed by atoms with van der Waals surface area (Å²) in [6.07, 6.45) is 5.29. The van der Waals surface area contributed by atoms with Gasteiger partial charge in [-0.1, -0.05) is 31.2 Å². The lowest BCUT2D eigenvalue weighted by atomic mass is 9.91. The summed E-state index contributed by atoms with van der Waals surface area (Å²) in [5.74, 6) is 0.674. The van der Waals surface area contributed by atoms with Crippen LogP contribution in [0.1, 0.15) is 24.9 Å². The second-order valence-electron chi connectivity index (χ2n) is 5.73. The lowest BCUT2D eigenvalue weighted by molar-refractivity contribution is 0.274. The molecule has 1 aromatic heterocycles. The van der Waals surface area contributed by atoms with E-state index in [1.807, 2.05) is 6.20 Å². The molecule has 0 radical (unpaired) electrons. The van der Waals surface area contributed by atoms with Crippen molar-refractivity contribution in [2.24, 2.45) is 5.92 Å². The molecule has 3 heteroatoms. The average molecular weight is 269 g/mol. The Morgan fingerprint density at radius 2 is 2.15 bits per heavy atom. The highest BCUT2D eigenvalue weighted by atomic mass is 15.2. The predicted octanol–water partition coefficient (Wildman–Crippen LogP) is 2.84. The van der Waals surface area contributed by atoms with Crippen molar-refractivity contribution in [1.82, 2.24) is 15.2 Å². The topological polar surface area (TPSA) is 28.2 Å². The smallest absolute Gasteiger partial charge is 0.0407 e. The molecule has 2 atom stereocenters. The van der Waals surface area contributed by atoms with Crippen molar-refractivity contribution in [1.29, 1.82) is 0 Å². The van der Waals surface area contributed by atoms with E-state index in [1.54, 1.807) is 0 Å². The Morgan fingerprint density at radius 3 is 3.00 bits per heavy atom. The Labute approximate surface area is 121 Å². The zero-order valence-corrected chi connectivity index (χ0v) is 12.3. The Bertz CT molecular complexity index is 576. The van der Waals surface area contributed by atoms with Gasteiger partial charge < -0.3 is 5.32 Å². The minimum absolute atomic E-state index is 0.479. The van der Waals surface area contributed by atoms with E-state index in [1.165, 1.54) is 29.3 Å². The molecule has 20 heavy (non-hydrogen) atoms. The molecular formula is C17H23N3. The molecule has 1 aliphatic rings. The number of nitrogens with zero attached hydrogens (tertiary/aromatic N) is 2. The van der Waals surface area contributed by atoms with Crippen LogP contribution in [0.2, 0.25) is 0 Å². The highest BCUT2D eigenvalue weighted by Crippen LogP contribution is 2.38. The minimum atomic E-state index is 0.479. The van der Waals surface area contributed by atoms with Crippen molar-refractivity contribution in [3.8, 4) is 0 Å². The number of benzene rings is 1. The van der Waals surface area contributed by atoms with E-state index in [9.17, 15) is 0 Å². The zero-order chi connectivity index (χ0) is 13.9. The van der Waals surface area contributed by atoms with E-state index >= 15 is 0 Å². The summed E-state index contributed by atoms with van der Waals surface area (Å²) >= 11 is 0. The Balaban J connectivity index is 1.99. The van der Waals surface area contributed by atoms with Gasteiger partial charge in [-0.3, -0.25) is 9.88 Å². The highest BCUT2D eigenvalue weighted by molar-refractivity contribution is 5.85. The van der Waals surface area contributed by atoms with E-state index in [0.29, 0.717) is 12.0 Å². The normalized spacial score (nSPS) is 23.5. The molecule has 0 saturated carbocycles. The maximum atomic E-state index is 4.46. The van der Waals surface area contributed by atoms with Gasteiger partial charge in [-0.2, -0.15) is 0 Å². The molecule has 3 rings (SSSR count). The van der Waals surface area contributed by atoms with Gasteiger partial charge in [0.2, 0.25) is 0 Å². The first-order valence-corrected chi connectivity index (χ1v) is 7.55. The molecule has 1 fully saturated rings. The van der Waals surface area contributed by atoms with Crippen LogP contribution >= 0.6 is 0 Å². The second-order valence-corrected chi connectivity index (χ2v) is 5.73. The van der Waals surface area contributed by atoms with Gasteiger partial charge in [-0.05, 0) is 50.0 Å². The zero-order valence-electron chi connectivity index (χ0n) is 12.3. The molecule has 1 aliphatic heterocycles. The maximum Gasteiger partial charge on any atom is 0.0407 e. The first kappa shape index (κ1) is 13.5. The first-order chi connectivity index (χ1) is 9.81. The number of hydrogen-bond donors (Lipinski definition) is 1. The van der Waals surface area contributed by atoms with Crippen LogP contribution in [0.4, 0.5) is 0 Å². The minimum Gasteiger partial charge on any atom is -0.317 e. The largest absolute Gasteiger partial charge is 0.317 e. The number of aromatic nitrogens is 1. The molecule has 2 heterocycles. The predicted molar refractivity (Wildman–Crippen MR) is 83.8 cm³/mol. The fraction of sp³-hybridized carbons (Fsp3) is 0.471. The summed E-state index contributed by atoms with van der Waals surface area (Å²) in [6.45, 7) is 5.48. The van der Waals surface area contributed by atoms with Crippen molar-refractivity contribution in [3.63, 3.8) is 0 Å². The van der Waals surface area contributed by atoms with E-state index in [-0.39, 0.29) is 0 Å². The summed E-state index contributed by atoms with van der Waals surface area (Å²) in [5, 5.41) is 6.10. The van der Waals surface area contributed by atoms with Crippen LogP contribution < -0.4 is 5.32 Å². The lowest BCUT2D eigenvalue weighted by Gasteiger charge is -2.26. The average Bonchev–Trinajstić information content (AvgIpc) is 2.85. The number of nitrogens with one attached hydrogen (secondary N) is 1. The summed E-state index contributed by atoms with van der Waals surface area (Å²) in [5.41, 5.74) is 1.38. The van der Waals surface area contributed by atoms with Gasteiger partial charge in [0.15, 0.2) is 0 Å². The first-order valence-electron chi connectivity index (χ1n) is 7.55. The van der Waals surface area contributed by atoms with Gasteiger partial charge in [0.1, 0.15) is 0 Å². The molecule has 1 N–H and O–H groups in total. The van der Waals surface area contributed by atoms with E-state index in [2.05, 4.69) is 59.6 Å². The van der Waals surface area contributed by atoms with Gasteiger partial charge in [-0.15, -0.1) is 0 Å². The van der Waals surface area contributed by atoms with E-state index < -0.39 is 0 Å². The fourth-order valence-corrected chi connectivity index (χ4v) is 3.44. The third kappa shape index (κ3) is 2.43. The number of pyridine rings is 1. The van der Waals surface area contributed by atoms with Crippen molar-refractivity contribution >= 4 is 10.8 Å². The third-order valence-electron chi connectivity index (χ3n) is 4.45. The summed E-state index contributed by atoms with van der Waals surface area (Å²) < 4.78 is 0. The number of rotatable bonds is 4. The monoisotopic (exact) mass is 269 g/mol. The SMILES string of the molecule is CCNCC1CCN(C)C1c1cncc2ccccc12. The van der Waals surface area contributed by atoms with Gasteiger partial charge in [0.25, 0.3) is 0 Å². The van der Waals surface area contributed by atoms with Gasteiger partial charge in [-0.25, -0.2) is 0 Å². The van der Waals surface area contributed by atoms with Crippen molar-refractivity contribution in [2.45, 2.75) is 19.4 Å². The Kier molecular flexibility index (Phi) is 3.99. The Hall–Kier alpha value is -1.45. The fourth-order valence-electron chi connectivity index (χ4n) is 3.44. The summed E-state index contributed by atoms with van der Waals surface area (Å²) in [4.78, 5) is 6.94. The van der Waals surface area contributed by atoms with Crippen LogP contribution in [0.25, 0.3) is 10.8 Å². The van der Waals surface area contributed by atoms with Gasteiger partial charge in [0, 0.05) is 23.8 Å². The summed E-state index contributed by atoms with van der Waals surface area (Å²) in [6, 6.07) is 9.07. The standard InChI is InChI=1S/C17H23N3/c1-3-18-11-14-8-9-20(2)17(14)16-12-19-10-13-6-4-5-7-15(13)16/h4-7,10,12,14,17-18H,3,8-9,11H2,1-2H3. The van der Waals surface area contributed by atoms with Crippen LogP contribution in [0, 0.1) is 5.92 Å². The van der Waals surface area contributed by atoms with Crippen LogP contribution in [-0.2, 0) is 0 Å². The molecule has 1 aromatic carbocycles. The third-order valence-corrected chi connectivity index (χ3v) is 4.45. The molecule has 0 amide bonds. The molecule has 106 valence electrons. The molecule has 3 nitrogen and oxygen atoms in total. The number of likely N-dealkylation sites (tertiary alicyclic amines) is 1. The van der Waals surface area contributed by atoms with Crippen LogP contribution in [0.15, 0.2) is 36.7 Å². The molecule has 0 aliphatic carbocycles. The van der Waals surface area contributed by atoms with Crippen molar-refractivity contribution < 1.29 is 0 Å². The molecular weight excluding hydrogens is 246 g/mol. The number of fused-ring (bicyclic) bond motifs is 1. The second kappa shape index (κ2) is 5.90. The highest BCUT2D eigenvalue weighted by Gasteiger charge is 2.33. The van der Waals surface area contributed by atoms with E-state index in [0.717, 1.165) is 13.1 Å². The molecule has 0 spiro atoms.